The molecule has 0 bridgehead atoms. The number of carbonyl (C=O) groups is 2. The van der Waals surface area contributed by atoms with Crippen LogP contribution < -0.4 is 0 Å². The van der Waals surface area contributed by atoms with Crippen molar-refractivity contribution in [2.75, 3.05) is 6.61 Å². The van der Waals surface area contributed by atoms with Gasteiger partial charge in [0, 0.05) is 6.42 Å². The summed E-state index contributed by atoms with van der Waals surface area (Å²) in [6.07, 6.45) is -4.65. The molecule has 0 aliphatic rings. The molecule has 2 rings (SSSR count). The van der Waals surface area contributed by atoms with Crippen molar-refractivity contribution in [2.24, 2.45) is 0 Å². The summed E-state index contributed by atoms with van der Waals surface area (Å²) in [5.41, 5.74) is 0.116. The van der Waals surface area contributed by atoms with Crippen LogP contribution in [0.15, 0.2) is 54.6 Å². The van der Waals surface area contributed by atoms with Gasteiger partial charge in [0.25, 0.3) is 0 Å². The number of benzene rings is 2. The van der Waals surface area contributed by atoms with Gasteiger partial charge in [0.2, 0.25) is 0 Å². The Morgan fingerprint density at radius 3 is 2.36 bits per heavy atom. The highest BCUT2D eigenvalue weighted by Crippen LogP contribution is 2.32. The maximum atomic E-state index is 13.0. The van der Waals surface area contributed by atoms with E-state index in [0.717, 1.165) is 17.7 Å². The molecule has 0 amide bonds. The van der Waals surface area contributed by atoms with Crippen LogP contribution in [-0.4, -0.2) is 18.5 Å². The van der Waals surface area contributed by atoms with Crippen molar-refractivity contribution in [2.45, 2.75) is 38.5 Å². The molecule has 0 saturated heterocycles. The molecule has 0 fully saturated rings. The number of ether oxygens (including phenoxy) is 2. The first-order valence-corrected chi connectivity index (χ1v) is 8.84. The summed E-state index contributed by atoms with van der Waals surface area (Å²) in [5.74, 6) is -2.19. The maximum absolute atomic E-state index is 13.0. The lowest BCUT2D eigenvalue weighted by Gasteiger charge is -2.17. The second kappa shape index (κ2) is 9.92. The largest absolute Gasteiger partial charge is 0.466 e. The van der Waals surface area contributed by atoms with Crippen molar-refractivity contribution in [3.05, 3.63) is 71.3 Å². The first-order valence-electron chi connectivity index (χ1n) is 8.84. The van der Waals surface area contributed by atoms with E-state index in [0.29, 0.717) is 0 Å². The molecule has 0 saturated carbocycles. The molecule has 0 N–H and O–H groups in total. The predicted octanol–water partition coefficient (Wildman–Crippen LogP) is 4.88. The van der Waals surface area contributed by atoms with Crippen LogP contribution >= 0.6 is 0 Å². The Balaban J connectivity index is 2.05. The van der Waals surface area contributed by atoms with E-state index in [1.807, 2.05) is 18.2 Å². The van der Waals surface area contributed by atoms with Crippen LogP contribution in [-0.2, 0) is 31.8 Å². The number of esters is 2. The highest BCUT2D eigenvalue weighted by Gasteiger charge is 2.32. The molecule has 150 valence electrons. The summed E-state index contributed by atoms with van der Waals surface area (Å²) in [5, 5.41) is 0. The van der Waals surface area contributed by atoms with Crippen LogP contribution in [0.5, 0.6) is 0 Å². The highest BCUT2D eigenvalue weighted by molar-refractivity contribution is 5.79. The molecule has 0 aliphatic heterocycles. The Morgan fingerprint density at radius 2 is 1.71 bits per heavy atom. The number of halogens is 3. The number of hydrogen-bond acceptors (Lipinski definition) is 4. The van der Waals surface area contributed by atoms with Crippen LogP contribution in [0.4, 0.5) is 13.2 Å². The fourth-order valence-electron chi connectivity index (χ4n) is 2.67. The van der Waals surface area contributed by atoms with Gasteiger partial charge in [0.1, 0.15) is 6.61 Å². The van der Waals surface area contributed by atoms with Gasteiger partial charge in [-0.3, -0.25) is 9.59 Å². The molecule has 0 spiro atoms. The van der Waals surface area contributed by atoms with E-state index < -0.39 is 29.6 Å². The normalized spacial score (nSPS) is 12.3. The third-order valence-corrected chi connectivity index (χ3v) is 4.07. The van der Waals surface area contributed by atoms with E-state index >= 15 is 0 Å². The molecule has 0 aliphatic carbocycles. The van der Waals surface area contributed by atoms with Crippen LogP contribution in [0, 0.1) is 0 Å². The summed E-state index contributed by atoms with van der Waals surface area (Å²) in [7, 11) is 0. The van der Waals surface area contributed by atoms with Gasteiger partial charge in [-0.15, -0.1) is 0 Å². The molecule has 1 unspecified atom stereocenters. The summed E-state index contributed by atoms with van der Waals surface area (Å²) < 4.78 is 49.0. The van der Waals surface area contributed by atoms with Gasteiger partial charge in [-0.05, 0) is 30.5 Å². The Bertz CT molecular complexity index is 788. The first-order chi connectivity index (χ1) is 13.3. The highest BCUT2D eigenvalue weighted by atomic mass is 19.4. The molecule has 7 heteroatoms. The number of alkyl halides is 3. The first kappa shape index (κ1) is 21.5. The second-order valence-corrected chi connectivity index (χ2v) is 6.11. The summed E-state index contributed by atoms with van der Waals surface area (Å²) in [4.78, 5) is 24.2. The lowest BCUT2D eigenvalue weighted by molar-refractivity contribution is -0.147. The average molecular weight is 394 g/mol. The zero-order valence-electron chi connectivity index (χ0n) is 15.4. The van der Waals surface area contributed by atoms with E-state index in [4.69, 9.17) is 9.47 Å². The number of hydrogen-bond donors (Lipinski definition) is 0. The Morgan fingerprint density at radius 1 is 1.00 bits per heavy atom. The minimum absolute atomic E-state index is 0.00618. The van der Waals surface area contributed by atoms with Crippen LogP contribution in [0.3, 0.4) is 0 Å². The van der Waals surface area contributed by atoms with Crippen molar-refractivity contribution in [1.29, 1.82) is 0 Å². The summed E-state index contributed by atoms with van der Waals surface area (Å²) in [6, 6.07) is 13.6. The average Bonchev–Trinajstić information content (AvgIpc) is 2.67. The second-order valence-electron chi connectivity index (χ2n) is 6.11. The Hall–Kier alpha value is -2.83. The number of carbonyl (C=O) groups excluding carboxylic acids is 2. The Labute approximate surface area is 161 Å². The van der Waals surface area contributed by atoms with Gasteiger partial charge in [-0.2, -0.15) is 13.2 Å². The number of rotatable bonds is 8. The smallest absolute Gasteiger partial charge is 0.416 e. The standard InChI is InChI=1S/C21H21F3O4/c1-2-27-20(26)18(16-9-6-10-17(13-16)21(22,23)24)11-12-19(25)28-14-15-7-4-3-5-8-15/h3-10,13,18H,2,11-12,14H2,1H3. The molecule has 2 aromatic rings. The van der Waals surface area contributed by atoms with Crippen LogP contribution in [0.1, 0.15) is 42.4 Å². The van der Waals surface area contributed by atoms with Crippen molar-refractivity contribution in [3.8, 4) is 0 Å². The summed E-state index contributed by atoms with van der Waals surface area (Å²) in [6.45, 7) is 1.79. The topological polar surface area (TPSA) is 52.6 Å². The van der Waals surface area contributed by atoms with Crippen molar-refractivity contribution >= 4 is 11.9 Å². The van der Waals surface area contributed by atoms with E-state index in [1.54, 1.807) is 19.1 Å². The van der Waals surface area contributed by atoms with Gasteiger partial charge in [-0.25, -0.2) is 0 Å². The molecule has 0 radical (unpaired) electrons. The molecule has 4 nitrogen and oxygen atoms in total. The lowest BCUT2D eigenvalue weighted by Crippen LogP contribution is -2.18. The molecule has 1 atom stereocenters. The quantitative estimate of drug-likeness (QED) is 0.599. The fraction of sp³-hybridized carbons (Fsp3) is 0.333. The zero-order valence-corrected chi connectivity index (χ0v) is 15.4. The van der Waals surface area contributed by atoms with E-state index in [2.05, 4.69) is 0 Å². The van der Waals surface area contributed by atoms with Gasteiger partial charge < -0.3 is 9.47 Å². The van der Waals surface area contributed by atoms with Crippen LogP contribution in [0.2, 0.25) is 0 Å². The minimum atomic E-state index is -4.52. The predicted molar refractivity (Wildman–Crippen MR) is 96.3 cm³/mol. The fourth-order valence-corrected chi connectivity index (χ4v) is 2.67. The van der Waals surface area contributed by atoms with Crippen LogP contribution in [0.25, 0.3) is 0 Å². The molecule has 2 aromatic carbocycles. The van der Waals surface area contributed by atoms with Gasteiger partial charge >= 0.3 is 18.1 Å². The zero-order chi connectivity index (χ0) is 20.6. The van der Waals surface area contributed by atoms with Crippen molar-refractivity contribution in [1.82, 2.24) is 0 Å². The minimum Gasteiger partial charge on any atom is -0.466 e. The SMILES string of the molecule is CCOC(=O)C(CCC(=O)OCc1ccccc1)c1cccc(C(F)(F)F)c1. The molecular formula is C21H21F3O4. The molecule has 28 heavy (non-hydrogen) atoms. The Kier molecular flexibility index (Phi) is 7.61. The van der Waals surface area contributed by atoms with E-state index in [9.17, 15) is 22.8 Å². The van der Waals surface area contributed by atoms with Gasteiger partial charge in [-0.1, -0.05) is 48.5 Å². The lowest BCUT2D eigenvalue weighted by atomic mass is 9.93. The molecule has 0 aromatic heterocycles. The van der Waals surface area contributed by atoms with E-state index in [-0.39, 0.29) is 31.6 Å². The van der Waals surface area contributed by atoms with Crippen molar-refractivity contribution in [3.63, 3.8) is 0 Å². The van der Waals surface area contributed by atoms with Gasteiger partial charge in [0.15, 0.2) is 0 Å². The summed E-state index contributed by atoms with van der Waals surface area (Å²) >= 11 is 0. The van der Waals surface area contributed by atoms with E-state index in [1.165, 1.54) is 12.1 Å². The molecule has 0 heterocycles. The third-order valence-electron chi connectivity index (χ3n) is 4.07. The van der Waals surface area contributed by atoms with Crippen molar-refractivity contribution < 1.29 is 32.2 Å². The third kappa shape index (κ3) is 6.40. The maximum Gasteiger partial charge on any atom is 0.416 e. The monoisotopic (exact) mass is 394 g/mol. The van der Waals surface area contributed by atoms with Gasteiger partial charge in [0.05, 0.1) is 18.1 Å². The molecular weight excluding hydrogens is 373 g/mol.